The largest absolute Gasteiger partial charge is 0.383 e. The van der Waals surface area contributed by atoms with Gasteiger partial charge in [0.25, 0.3) is 0 Å². The molecule has 0 spiro atoms. The number of amides is 1. The Bertz CT molecular complexity index is 286. The summed E-state index contributed by atoms with van der Waals surface area (Å²) in [4.78, 5) is 10.4. The molecule has 0 aliphatic rings. The van der Waals surface area contributed by atoms with E-state index in [4.69, 9.17) is 11.5 Å². The first kappa shape index (κ1) is 9.79. The molecule has 1 rings (SSSR count). The van der Waals surface area contributed by atoms with Crippen molar-refractivity contribution in [2.45, 2.75) is 12.8 Å². The van der Waals surface area contributed by atoms with Crippen LogP contribution in [0.4, 0.5) is 10.8 Å². The van der Waals surface area contributed by atoms with Crippen LogP contribution in [0.5, 0.6) is 0 Å². The first-order chi connectivity index (χ1) is 6.18. The Hall–Kier alpha value is -1.30. The van der Waals surface area contributed by atoms with E-state index >= 15 is 0 Å². The monoisotopic (exact) mass is 200 g/mol. The molecule has 0 aliphatic carbocycles. The minimum absolute atomic E-state index is 0.273. The summed E-state index contributed by atoms with van der Waals surface area (Å²) in [6.45, 7) is 0.713. The molecule has 0 atom stereocenters. The molecule has 1 heterocycles. The molecule has 0 bridgehead atoms. The van der Waals surface area contributed by atoms with Crippen LogP contribution in [0.3, 0.4) is 0 Å². The number of carbonyl (C=O) groups excluding carboxylic acids is 1. The molecule has 0 saturated heterocycles. The molecule has 1 aromatic rings. The zero-order valence-electron chi connectivity index (χ0n) is 7.12. The number of carbonyl (C=O) groups is 1. The summed E-state index contributed by atoms with van der Waals surface area (Å²) in [7, 11) is 0. The number of hydrogen-bond donors (Lipinski definition) is 3. The molecule has 5 N–H and O–H groups in total. The Morgan fingerprint density at radius 3 is 3.00 bits per heavy atom. The lowest BCUT2D eigenvalue weighted by molar-refractivity contribution is -0.118. The fourth-order valence-corrected chi connectivity index (χ4v) is 1.44. The van der Waals surface area contributed by atoms with Crippen molar-refractivity contribution in [2.24, 2.45) is 5.73 Å². The summed E-state index contributed by atoms with van der Waals surface area (Å²) in [5, 5.41) is 4.01. The van der Waals surface area contributed by atoms with Gasteiger partial charge in [-0.3, -0.25) is 4.79 Å². The van der Waals surface area contributed by atoms with Crippen LogP contribution in [-0.2, 0) is 4.79 Å². The van der Waals surface area contributed by atoms with Crippen LogP contribution >= 0.6 is 11.5 Å². The van der Waals surface area contributed by atoms with Crippen LogP contribution in [-0.4, -0.2) is 16.8 Å². The van der Waals surface area contributed by atoms with Gasteiger partial charge in [-0.05, 0) is 18.0 Å². The van der Waals surface area contributed by atoms with Crippen LogP contribution in [0.1, 0.15) is 12.8 Å². The van der Waals surface area contributed by atoms with Crippen molar-refractivity contribution in [1.29, 1.82) is 0 Å². The zero-order valence-corrected chi connectivity index (χ0v) is 7.93. The van der Waals surface area contributed by atoms with Gasteiger partial charge in [0.1, 0.15) is 10.8 Å². The van der Waals surface area contributed by atoms with Gasteiger partial charge in [0, 0.05) is 19.0 Å². The highest BCUT2D eigenvalue weighted by Crippen LogP contribution is 2.16. The molecule has 0 radical (unpaired) electrons. The average molecular weight is 200 g/mol. The van der Waals surface area contributed by atoms with Gasteiger partial charge < -0.3 is 16.8 Å². The van der Waals surface area contributed by atoms with Crippen molar-refractivity contribution in [3.63, 3.8) is 0 Å². The minimum Gasteiger partial charge on any atom is -0.383 e. The van der Waals surface area contributed by atoms with Crippen LogP contribution in [0.2, 0.25) is 0 Å². The number of hydrogen-bond acceptors (Lipinski definition) is 5. The smallest absolute Gasteiger partial charge is 0.217 e. The molecule has 5 nitrogen and oxygen atoms in total. The predicted molar refractivity (Wildman–Crippen MR) is 53.4 cm³/mol. The molecule has 0 unspecified atom stereocenters. The first-order valence-electron chi connectivity index (χ1n) is 3.93. The Balaban J connectivity index is 2.16. The third kappa shape index (κ3) is 3.75. The lowest BCUT2D eigenvalue weighted by atomic mass is 10.3. The number of aromatic nitrogens is 1. The highest BCUT2D eigenvalue weighted by Gasteiger charge is 1.98. The number of nitrogens with two attached hydrogens (primary N) is 2. The molecule has 72 valence electrons. The summed E-state index contributed by atoms with van der Waals surface area (Å²) in [6, 6.07) is 1.76. The molecule has 0 saturated carbocycles. The quantitative estimate of drug-likeness (QED) is 0.600. The van der Waals surface area contributed by atoms with Crippen LogP contribution in [0, 0.1) is 0 Å². The van der Waals surface area contributed by atoms with Crippen molar-refractivity contribution < 1.29 is 4.79 Å². The number of rotatable bonds is 5. The fourth-order valence-electron chi connectivity index (χ4n) is 0.846. The standard InChI is InChI=1S/C7H12N4OS/c8-5-4-7(13-11-5)10-3-1-2-6(9)12/h4,10H,1-3H2,(H2,8,11)(H2,9,12). The van der Waals surface area contributed by atoms with Gasteiger partial charge in [0.15, 0.2) is 0 Å². The topological polar surface area (TPSA) is 94.0 Å². The summed E-state index contributed by atoms with van der Waals surface area (Å²) in [6.07, 6.45) is 1.13. The second-order valence-corrected chi connectivity index (χ2v) is 3.42. The Morgan fingerprint density at radius 1 is 1.69 bits per heavy atom. The van der Waals surface area contributed by atoms with Crippen molar-refractivity contribution in [3.8, 4) is 0 Å². The Kier molecular flexibility index (Phi) is 3.51. The van der Waals surface area contributed by atoms with Crippen LogP contribution in [0.15, 0.2) is 6.07 Å². The summed E-state index contributed by atoms with van der Waals surface area (Å²) >= 11 is 1.31. The number of nitrogens with zero attached hydrogens (tertiary/aromatic N) is 1. The summed E-state index contributed by atoms with van der Waals surface area (Å²) in [5.74, 6) is 0.244. The van der Waals surface area contributed by atoms with Crippen molar-refractivity contribution >= 4 is 28.3 Å². The van der Waals surface area contributed by atoms with Gasteiger partial charge in [0.2, 0.25) is 5.91 Å². The fraction of sp³-hybridized carbons (Fsp3) is 0.429. The van der Waals surface area contributed by atoms with E-state index in [0.29, 0.717) is 18.8 Å². The second kappa shape index (κ2) is 4.66. The molecular weight excluding hydrogens is 188 g/mol. The first-order valence-corrected chi connectivity index (χ1v) is 4.70. The normalized spacial score (nSPS) is 9.85. The lowest BCUT2D eigenvalue weighted by Crippen LogP contribution is -2.12. The maximum atomic E-state index is 10.4. The predicted octanol–water partition coefficient (Wildman–Crippen LogP) is 0.403. The number of nitrogens with one attached hydrogen (secondary N) is 1. The number of anilines is 2. The van der Waals surface area contributed by atoms with E-state index in [1.54, 1.807) is 6.07 Å². The molecule has 0 aliphatic heterocycles. The van der Waals surface area contributed by atoms with Gasteiger partial charge in [-0.25, -0.2) is 0 Å². The van der Waals surface area contributed by atoms with E-state index in [-0.39, 0.29) is 5.91 Å². The van der Waals surface area contributed by atoms with E-state index in [0.717, 1.165) is 11.4 Å². The minimum atomic E-state index is -0.273. The van der Waals surface area contributed by atoms with E-state index < -0.39 is 0 Å². The molecular formula is C7H12N4OS. The van der Waals surface area contributed by atoms with Crippen molar-refractivity contribution in [1.82, 2.24) is 4.37 Å². The summed E-state index contributed by atoms with van der Waals surface area (Å²) in [5.41, 5.74) is 10.4. The van der Waals surface area contributed by atoms with Crippen LogP contribution < -0.4 is 16.8 Å². The van der Waals surface area contributed by atoms with Gasteiger partial charge in [-0.15, -0.1) is 0 Å². The second-order valence-electron chi connectivity index (χ2n) is 2.61. The van der Waals surface area contributed by atoms with Gasteiger partial charge in [-0.2, -0.15) is 4.37 Å². The molecule has 6 heteroatoms. The molecule has 0 aromatic carbocycles. The summed E-state index contributed by atoms with van der Waals surface area (Å²) < 4.78 is 3.90. The lowest BCUT2D eigenvalue weighted by Gasteiger charge is -1.99. The van der Waals surface area contributed by atoms with Crippen molar-refractivity contribution in [3.05, 3.63) is 6.07 Å². The van der Waals surface area contributed by atoms with E-state index in [1.165, 1.54) is 11.5 Å². The van der Waals surface area contributed by atoms with E-state index in [9.17, 15) is 4.79 Å². The van der Waals surface area contributed by atoms with Crippen LogP contribution in [0.25, 0.3) is 0 Å². The maximum absolute atomic E-state index is 10.4. The van der Waals surface area contributed by atoms with Gasteiger partial charge in [-0.1, -0.05) is 0 Å². The van der Waals surface area contributed by atoms with Gasteiger partial charge >= 0.3 is 0 Å². The molecule has 1 amide bonds. The van der Waals surface area contributed by atoms with Crippen molar-refractivity contribution in [2.75, 3.05) is 17.6 Å². The Labute approximate surface area is 80.3 Å². The highest BCUT2D eigenvalue weighted by atomic mass is 32.1. The van der Waals surface area contributed by atoms with E-state index in [2.05, 4.69) is 9.69 Å². The Morgan fingerprint density at radius 2 is 2.46 bits per heavy atom. The third-order valence-corrected chi connectivity index (χ3v) is 2.19. The third-order valence-electron chi connectivity index (χ3n) is 1.43. The number of primary amides is 1. The number of nitrogen functional groups attached to an aromatic ring is 1. The maximum Gasteiger partial charge on any atom is 0.217 e. The SMILES string of the molecule is NC(=O)CCCNc1cc(N)ns1. The average Bonchev–Trinajstić information content (AvgIpc) is 2.45. The molecule has 13 heavy (non-hydrogen) atoms. The molecule has 1 aromatic heterocycles. The molecule has 0 fully saturated rings. The van der Waals surface area contributed by atoms with Gasteiger partial charge in [0.05, 0.1) is 0 Å². The van der Waals surface area contributed by atoms with E-state index in [1.807, 2.05) is 0 Å². The zero-order chi connectivity index (χ0) is 9.68. The highest BCUT2D eigenvalue weighted by molar-refractivity contribution is 7.10.